The lowest BCUT2D eigenvalue weighted by Crippen LogP contribution is -2.30. The molecule has 8 nitrogen and oxygen atoms in total. The predicted octanol–water partition coefficient (Wildman–Crippen LogP) is 2.98. The number of methoxy groups -OCH3 is 2. The van der Waals surface area contributed by atoms with Gasteiger partial charge in [-0.3, -0.25) is 4.98 Å². The molecule has 0 aliphatic carbocycles. The van der Waals surface area contributed by atoms with Gasteiger partial charge in [0.15, 0.2) is 0 Å². The molecule has 1 saturated heterocycles. The number of hydrogen-bond donors (Lipinski definition) is 0. The molecule has 1 aliphatic rings. The molecular formula is C22H26N4O4S. The number of rotatable bonds is 7. The lowest BCUT2D eigenvalue weighted by molar-refractivity contribution is 0.386. The Morgan fingerprint density at radius 2 is 2.00 bits per heavy atom. The van der Waals surface area contributed by atoms with E-state index < -0.39 is 10.0 Å². The molecule has 1 unspecified atom stereocenters. The van der Waals surface area contributed by atoms with Gasteiger partial charge in [-0.1, -0.05) is 0 Å². The molecule has 1 aromatic carbocycles. The summed E-state index contributed by atoms with van der Waals surface area (Å²) in [6.07, 6.45) is 6.14. The average molecular weight is 443 g/mol. The Morgan fingerprint density at radius 3 is 2.71 bits per heavy atom. The second kappa shape index (κ2) is 8.68. The fraction of sp³-hybridized carbons (Fsp3) is 0.364. The van der Waals surface area contributed by atoms with E-state index in [0.29, 0.717) is 31.1 Å². The van der Waals surface area contributed by atoms with Gasteiger partial charge >= 0.3 is 0 Å². The van der Waals surface area contributed by atoms with E-state index in [1.165, 1.54) is 24.6 Å². The Morgan fingerprint density at radius 1 is 1.16 bits per heavy atom. The number of hydrogen-bond acceptors (Lipinski definition) is 6. The maximum absolute atomic E-state index is 13.3. The van der Waals surface area contributed by atoms with Gasteiger partial charge in [0.25, 0.3) is 0 Å². The number of imidazole rings is 1. The number of pyridine rings is 1. The molecule has 0 spiro atoms. The van der Waals surface area contributed by atoms with E-state index in [4.69, 9.17) is 9.47 Å². The van der Waals surface area contributed by atoms with Gasteiger partial charge in [-0.2, -0.15) is 4.31 Å². The van der Waals surface area contributed by atoms with Crippen molar-refractivity contribution in [1.29, 1.82) is 0 Å². The van der Waals surface area contributed by atoms with Crippen LogP contribution in [0.2, 0.25) is 0 Å². The minimum absolute atomic E-state index is 0.130. The Bertz CT molecular complexity index is 1160. The highest BCUT2D eigenvalue weighted by atomic mass is 32.2. The molecule has 164 valence electrons. The molecule has 31 heavy (non-hydrogen) atoms. The smallest absolute Gasteiger partial charge is 0.246 e. The fourth-order valence-corrected chi connectivity index (χ4v) is 5.67. The first kappa shape index (κ1) is 21.3. The molecule has 0 radical (unpaired) electrons. The van der Waals surface area contributed by atoms with Gasteiger partial charge < -0.3 is 14.0 Å². The third-order valence-corrected chi connectivity index (χ3v) is 7.54. The van der Waals surface area contributed by atoms with Crippen LogP contribution < -0.4 is 9.47 Å². The summed E-state index contributed by atoms with van der Waals surface area (Å²) in [4.78, 5) is 8.86. The van der Waals surface area contributed by atoms with Crippen molar-refractivity contribution < 1.29 is 17.9 Å². The van der Waals surface area contributed by atoms with Gasteiger partial charge in [0.2, 0.25) is 10.0 Å². The van der Waals surface area contributed by atoms with Crippen LogP contribution in [-0.2, 0) is 16.6 Å². The number of nitrogens with zero attached hydrogens (tertiary/aromatic N) is 4. The van der Waals surface area contributed by atoms with E-state index in [1.54, 1.807) is 24.5 Å². The van der Waals surface area contributed by atoms with Crippen LogP contribution in [0.4, 0.5) is 0 Å². The van der Waals surface area contributed by atoms with Crippen molar-refractivity contribution in [2.24, 2.45) is 5.92 Å². The van der Waals surface area contributed by atoms with Crippen molar-refractivity contribution >= 4 is 10.0 Å². The van der Waals surface area contributed by atoms with E-state index in [0.717, 1.165) is 23.5 Å². The van der Waals surface area contributed by atoms with Crippen molar-refractivity contribution in [2.45, 2.75) is 24.8 Å². The van der Waals surface area contributed by atoms with Crippen LogP contribution in [0.5, 0.6) is 11.5 Å². The van der Waals surface area contributed by atoms with E-state index >= 15 is 0 Å². The van der Waals surface area contributed by atoms with Gasteiger partial charge in [0, 0.05) is 55.5 Å². The summed E-state index contributed by atoms with van der Waals surface area (Å²) < 4.78 is 40.9. The standard InChI is InChI=1S/C22H26N4O4S/c1-16-12-24-22(18-5-4-9-23-13-18)26(16)15-17-8-10-25(14-17)31(27,28)21-11-19(29-2)6-7-20(21)30-3/h4-7,9,11-13,17H,8,10,14-15H2,1-3H3. The first-order valence-electron chi connectivity index (χ1n) is 10.1. The zero-order chi connectivity index (χ0) is 22.0. The van der Waals surface area contributed by atoms with Crippen molar-refractivity contribution in [3.8, 4) is 22.9 Å². The lowest BCUT2D eigenvalue weighted by atomic mass is 10.1. The molecule has 0 N–H and O–H groups in total. The largest absolute Gasteiger partial charge is 0.497 e. The van der Waals surface area contributed by atoms with Gasteiger partial charge in [-0.25, -0.2) is 13.4 Å². The Balaban J connectivity index is 1.56. The third-order valence-electron chi connectivity index (χ3n) is 5.65. The quantitative estimate of drug-likeness (QED) is 0.559. The maximum Gasteiger partial charge on any atom is 0.246 e. The molecule has 4 rings (SSSR count). The van der Waals surface area contributed by atoms with E-state index in [-0.39, 0.29) is 10.8 Å². The Hall–Kier alpha value is -2.91. The van der Waals surface area contributed by atoms with Crippen LogP contribution in [0, 0.1) is 12.8 Å². The monoisotopic (exact) mass is 442 g/mol. The Kier molecular flexibility index (Phi) is 5.97. The predicted molar refractivity (Wildman–Crippen MR) is 117 cm³/mol. The summed E-state index contributed by atoms with van der Waals surface area (Å²) in [6, 6.07) is 8.68. The summed E-state index contributed by atoms with van der Waals surface area (Å²) in [5.41, 5.74) is 1.98. The summed E-state index contributed by atoms with van der Waals surface area (Å²) in [5.74, 6) is 1.81. The number of aromatic nitrogens is 3. The van der Waals surface area contributed by atoms with E-state index in [2.05, 4.69) is 14.5 Å². The highest BCUT2D eigenvalue weighted by molar-refractivity contribution is 7.89. The van der Waals surface area contributed by atoms with Crippen LogP contribution >= 0.6 is 0 Å². The molecule has 9 heteroatoms. The van der Waals surface area contributed by atoms with Crippen molar-refractivity contribution in [3.05, 3.63) is 54.6 Å². The molecule has 3 heterocycles. The number of aryl methyl sites for hydroxylation is 1. The highest BCUT2D eigenvalue weighted by Gasteiger charge is 2.35. The summed E-state index contributed by atoms with van der Waals surface area (Å²) in [7, 11) is -0.726. The third kappa shape index (κ3) is 4.15. The summed E-state index contributed by atoms with van der Waals surface area (Å²) in [5, 5.41) is 0. The van der Waals surface area contributed by atoms with Crippen molar-refractivity contribution in [2.75, 3.05) is 27.3 Å². The molecule has 3 aromatic rings. The normalized spacial score (nSPS) is 17.1. The molecular weight excluding hydrogens is 416 g/mol. The zero-order valence-electron chi connectivity index (χ0n) is 17.9. The first-order valence-corrected chi connectivity index (χ1v) is 11.5. The Labute approximate surface area is 182 Å². The molecule has 1 fully saturated rings. The second-order valence-electron chi connectivity index (χ2n) is 7.61. The van der Waals surface area contributed by atoms with Crippen molar-refractivity contribution in [3.63, 3.8) is 0 Å². The number of benzene rings is 1. The van der Waals surface area contributed by atoms with Gasteiger partial charge in [-0.05, 0) is 43.5 Å². The van der Waals surface area contributed by atoms with Crippen molar-refractivity contribution in [1.82, 2.24) is 18.8 Å². The number of ether oxygens (including phenoxy) is 2. The van der Waals surface area contributed by atoms with Crippen LogP contribution in [0.3, 0.4) is 0 Å². The molecule has 0 amide bonds. The lowest BCUT2D eigenvalue weighted by Gasteiger charge is -2.20. The topological polar surface area (TPSA) is 86.5 Å². The van der Waals surface area contributed by atoms with E-state index in [9.17, 15) is 8.42 Å². The zero-order valence-corrected chi connectivity index (χ0v) is 18.7. The second-order valence-corrected chi connectivity index (χ2v) is 9.52. The summed E-state index contributed by atoms with van der Waals surface area (Å²) in [6.45, 7) is 3.60. The molecule has 0 bridgehead atoms. The molecule has 2 aromatic heterocycles. The SMILES string of the molecule is COc1ccc(OC)c(S(=O)(=O)N2CCC(Cn3c(C)cnc3-c3cccnc3)C2)c1. The highest BCUT2D eigenvalue weighted by Crippen LogP contribution is 2.34. The fourth-order valence-electron chi connectivity index (χ4n) is 3.96. The van der Waals surface area contributed by atoms with Gasteiger partial charge in [-0.15, -0.1) is 0 Å². The van der Waals surface area contributed by atoms with Crippen LogP contribution in [0.25, 0.3) is 11.4 Å². The molecule has 0 saturated carbocycles. The maximum atomic E-state index is 13.3. The van der Waals surface area contributed by atoms with Gasteiger partial charge in [0.05, 0.1) is 14.2 Å². The average Bonchev–Trinajstić information content (AvgIpc) is 3.42. The minimum atomic E-state index is -3.70. The molecule has 1 aliphatic heterocycles. The first-order chi connectivity index (χ1) is 14.9. The molecule has 1 atom stereocenters. The van der Waals surface area contributed by atoms with E-state index in [1.807, 2.05) is 25.3 Å². The minimum Gasteiger partial charge on any atom is -0.497 e. The van der Waals surface area contributed by atoms with Crippen LogP contribution in [0.15, 0.2) is 53.8 Å². The summed E-state index contributed by atoms with van der Waals surface area (Å²) >= 11 is 0. The van der Waals surface area contributed by atoms with Crippen LogP contribution in [0.1, 0.15) is 12.1 Å². The van der Waals surface area contributed by atoms with Gasteiger partial charge in [0.1, 0.15) is 22.2 Å². The number of sulfonamides is 1. The van der Waals surface area contributed by atoms with Crippen LogP contribution in [-0.4, -0.2) is 54.6 Å².